The molecule has 0 bridgehead atoms. The van der Waals surface area contributed by atoms with Crippen LogP contribution >= 0.6 is 0 Å². The molecule has 1 unspecified atom stereocenters. The topological polar surface area (TPSA) is 52.0 Å². The Labute approximate surface area is 106 Å². The SMILES string of the molecule is COc1ccccc1-c1nnc2n1CCNC2C. The molecule has 18 heavy (non-hydrogen) atoms. The zero-order valence-electron chi connectivity index (χ0n) is 10.6. The summed E-state index contributed by atoms with van der Waals surface area (Å²) in [6.45, 7) is 3.93. The lowest BCUT2D eigenvalue weighted by atomic mass is 10.1. The summed E-state index contributed by atoms with van der Waals surface area (Å²) >= 11 is 0. The smallest absolute Gasteiger partial charge is 0.167 e. The Morgan fingerprint density at radius 2 is 2.17 bits per heavy atom. The van der Waals surface area contributed by atoms with E-state index in [0.717, 1.165) is 36.1 Å². The van der Waals surface area contributed by atoms with Gasteiger partial charge in [-0.2, -0.15) is 0 Å². The van der Waals surface area contributed by atoms with Crippen LogP contribution in [0, 0.1) is 0 Å². The van der Waals surface area contributed by atoms with E-state index >= 15 is 0 Å². The molecular weight excluding hydrogens is 228 g/mol. The quantitative estimate of drug-likeness (QED) is 0.872. The van der Waals surface area contributed by atoms with Crippen molar-refractivity contribution in [1.29, 1.82) is 0 Å². The minimum atomic E-state index is 0.245. The molecule has 2 aromatic rings. The molecule has 1 N–H and O–H groups in total. The molecule has 0 amide bonds. The van der Waals surface area contributed by atoms with Gasteiger partial charge in [-0.05, 0) is 19.1 Å². The van der Waals surface area contributed by atoms with Gasteiger partial charge in [-0.3, -0.25) is 0 Å². The molecule has 1 atom stereocenters. The van der Waals surface area contributed by atoms with Crippen molar-refractivity contribution < 1.29 is 4.74 Å². The van der Waals surface area contributed by atoms with Crippen LogP contribution in [0.2, 0.25) is 0 Å². The third kappa shape index (κ3) is 1.67. The zero-order chi connectivity index (χ0) is 12.5. The molecule has 0 fully saturated rings. The molecule has 3 rings (SSSR count). The summed E-state index contributed by atoms with van der Waals surface area (Å²) in [5, 5.41) is 12.0. The highest BCUT2D eigenvalue weighted by atomic mass is 16.5. The fourth-order valence-corrected chi connectivity index (χ4v) is 2.37. The first-order chi connectivity index (χ1) is 8.81. The number of rotatable bonds is 2. The van der Waals surface area contributed by atoms with Gasteiger partial charge in [0.1, 0.15) is 11.6 Å². The number of hydrogen-bond donors (Lipinski definition) is 1. The number of aromatic nitrogens is 3. The van der Waals surface area contributed by atoms with Crippen LogP contribution in [0.15, 0.2) is 24.3 Å². The fourth-order valence-electron chi connectivity index (χ4n) is 2.37. The van der Waals surface area contributed by atoms with E-state index in [1.807, 2.05) is 24.3 Å². The van der Waals surface area contributed by atoms with E-state index in [-0.39, 0.29) is 6.04 Å². The van der Waals surface area contributed by atoms with Gasteiger partial charge in [-0.1, -0.05) is 12.1 Å². The minimum Gasteiger partial charge on any atom is -0.496 e. The largest absolute Gasteiger partial charge is 0.496 e. The van der Waals surface area contributed by atoms with Crippen molar-refractivity contribution in [3.8, 4) is 17.1 Å². The number of fused-ring (bicyclic) bond motifs is 1. The molecule has 0 aliphatic carbocycles. The second kappa shape index (κ2) is 4.42. The molecule has 1 aliphatic heterocycles. The highest BCUT2D eigenvalue weighted by Gasteiger charge is 2.23. The van der Waals surface area contributed by atoms with E-state index in [1.165, 1.54) is 0 Å². The predicted molar refractivity (Wildman–Crippen MR) is 68.4 cm³/mol. The van der Waals surface area contributed by atoms with Crippen LogP contribution in [0.25, 0.3) is 11.4 Å². The zero-order valence-corrected chi connectivity index (χ0v) is 10.6. The van der Waals surface area contributed by atoms with E-state index < -0.39 is 0 Å². The monoisotopic (exact) mass is 244 g/mol. The number of methoxy groups -OCH3 is 1. The molecule has 2 heterocycles. The number of ether oxygens (including phenoxy) is 1. The highest BCUT2D eigenvalue weighted by molar-refractivity contribution is 5.64. The standard InChI is InChI=1S/C13H16N4O/c1-9-12-15-16-13(17(12)8-7-14-9)10-5-3-4-6-11(10)18-2/h3-6,9,14H,7-8H2,1-2H3. The van der Waals surface area contributed by atoms with Gasteiger partial charge in [0.15, 0.2) is 5.82 Å². The summed E-state index contributed by atoms with van der Waals surface area (Å²) in [5.74, 6) is 2.71. The van der Waals surface area contributed by atoms with Gasteiger partial charge < -0.3 is 14.6 Å². The highest BCUT2D eigenvalue weighted by Crippen LogP contribution is 2.30. The second-order valence-corrected chi connectivity index (χ2v) is 4.41. The molecule has 0 saturated carbocycles. The minimum absolute atomic E-state index is 0.245. The lowest BCUT2D eigenvalue weighted by Crippen LogP contribution is -2.32. The van der Waals surface area contributed by atoms with Crippen molar-refractivity contribution in [2.45, 2.75) is 19.5 Å². The number of para-hydroxylation sites is 1. The van der Waals surface area contributed by atoms with Crippen LogP contribution in [-0.2, 0) is 6.54 Å². The van der Waals surface area contributed by atoms with E-state index in [4.69, 9.17) is 4.74 Å². The number of hydrogen-bond acceptors (Lipinski definition) is 4. The molecule has 1 aromatic heterocycles. The maximum atomic E-state index is 5.39. The Bertz CT molecular complexity index is 564. The first-order valence-corrected chi connectivity index (χ1v) is 6.11. The van der Waals surface area contributed by atoms with Crippen LogP contribution in [0.3, 0.4) is 0 Å². The van der Waals surface area contributed by atoms with Crippen molar-refractivity contribution in [3.63, 3.8) is 0 Å². The fraction of sp³-hybridized carbons (Fsp3) is 0.385. The number of nitrogens with zero attached hydrogens (tertiary/aromatic N) is 3. The molecule has 5 nitrogen and oxygen atoms in total. The molecular formula is C13H16N4O. The normalized spacial score (nSPS) is 18.4. The van der Waals surface area contributed by atoms with E-state index in [1.54, 1.807) is 7.11 Å². The van der Waals surface area contributed by atoms with Crippen LogP contribution < -0.4 is 10.1 Å². The first-order valence-electron chi connectivity index (χ1n) is 6.11. The lowest BCUT2D eigenvalue weighted by Gasteiger charge is -2.22. The van der Waals surface area contributed by atoms with E-state index in [2.05, 4.69) is 27.0 Å². The third-order valence-corrected chi connectivity index (χ3v) is 3.30. The maximum absolute atomic E-state index is 5.39. The van der Waals surface area contributed by atoms with Crippen molar-refractivity contribution in [1.82, 2.24) is 20.1 Å². The molecule has 0 saturated heterocycles. The van der Waals surface area contributed by atoms with Gasteiger partial charge in [0.25, 0.3) is 0 Å². The van der Waals surface area contributed by atoms with Crippen molar-refractivity contribution in [3.05, 3.63) is 30.1 Å². The lowest BCUT2D eigenvalue weighted by molar-refractivity contribution is 0.414. The Morgan fingerprint density at radius 1 is 1.33 bits per heavy atom. The van der Waals surface area contributed by atoms with Crippen LogP contribution in [-0.4, -0.2) is 28.4 Å². The summed E-state index contributed by atoms with van der Waals surface area (Å²) in [5.41, 5.74) is 0.993. The van der Waals surface area contributed by atoms with E-state index in [9.17, 15) is 0 Å². The van der Waals surface area contributed by atoms with Crippen LogP contribution in [0.1, 0.15) is 18.8 Å². The summed E-state index contributed by atoms with van der Waals surface area (Å²) in [7, 11) is 1.68. The second-order valence-electron chi connectivity index (χ2n) is 4.41. The Morgan fingerprint density at radius 3 is 3.00 bits per heavy atom. The average Bonchev–Trinajstić information content (AvgIpc) is 2.84. The first kappa shape index (κ1) is 11.2. The van der Waals surface area contributed by atoms with Gasteiger partial charge in [0.2, 0.25) is 0 Å². The number of nitrogens with one attached hydrogen (secondary N) is 1. The summed E-state index contributed by atoms with van der Waals surface area (Å²) in [6, 6.07) is 8.16. The van der Waals surface area contributed by atoms with Crippen molar-refractivity contribution in [2.24, 2.45) is 0 Å². The maximum Gasteiger partial charge on any atom is 0.167 e. The van der Waals surface area contributed by atoms with E-state index in [0.29, 0.717) is 0 Å². The number of benzene rings is 1. The Hall–Kier alpha value is -1.88. The van der Waals surface area contributed by atoms with Crippen LogP contribution in [0.4, 0.5) is 0 Å². The summed E-state index contributed by atoms with van der Waals surface area (Å²) < 4.78 is 7.56. The van der Waals surface area contributed by atoms with Crippen LogP contribution in [0.5, 0.6) is 5.75 Å². The van der Waals surface area contributed by atoms with Crippen molar-refractivity contribution in [2.75, 3.05) is 13.7 Å². The molecule has 5 heteroatoms. The summed E-state index contributed by atoms with van der Waals surface area (Å²) in [6.07, 6.45) is 0. The average molecular weight is 244 g/mol. The van der Waals surface area contributed by atoms with Gasteiger partial charge in [-0.15, -0.1) is 10.2 Å². The molecule has 94 valence electrons. The Kier molecular flexibility index (Phi) is 2.76. The van der Waals surface area contributed by atoms with Gasteiger partial charge in [0.05, 0.1) is 18.7 Å². The molecule has 1 aliphatic rings. The van der Waals surface area contributed by atoms with Gasteiger partial charge >= 0.3 is 0 Å². The predicted octanol–water partition coefficient (Wildman–Crippen LogP) is 1.62. The van der Waals surface area contributed by atoms with Gasteiger partial charge in [-0.25, -0.2) is 0 Å². The molecule has 0 radical (unpaired) electrons. The molecule has 1 aromatic carbocycles. The van der Waals surface area contributed by atoms with Gasteiger partial charge in [0, 0.05) is 13.1 Å². The molecule has 0 spiro atoms. The third-order valence-electron chi connectivity index (χ3n) is 3.30. The Balaban J connectivity index is 2.13. The summed E-state index contributed by atoms with van der Waals surface area (Å²) in [4.78, 5) is 0. The van der Waals surface area contributed by atoms with Crippen molar-refractivity contribution >= 4 is 0 Å².